The van der Waals surface area contributed by atoms with Gasteiger partial charge in [-0.15, -0.1) is 5.10 Å². The van der Waals surface area contributed by atoms with Gasteiger partial charge in [-0.3, -0.25) is 15.2 Å². The molecule has 0 fully saturated rings. The second-order valence-electron chi connectivity index (χ2n) is 3.65. The molecule has 0 amide bonds. The van der Waals surface area contributed by atoms with Crippen LogP contribution in [0.25, 0.3) is 0 Å². The van der Waals surface area contributed by atoms with Gasteiger partial charge in [0, 0.05) is 11.6 Å². The van der Waals surface area contributed by atoms with E-state index in [1.54, 1.807) is 12.1 Å². The molecule has 2 aromatic rings. The third-order valence-electron chi connectivity index (χ3n) is 2.16. The number of nitrogens with zero attached hydrogens (tertiary/aromatic N) is 5. The molecule has 10 nitrogen and oxygen atoms in total. The lowest BCUT2D eigenvalue weighted by Gasteiger charge is -2.01. The topological polar surface area (TPSA) is 161 Å². The van der Waals surface area contributed by atoms with Crippen molar-refractivity contribution in [2.75, 3.05) is 0 Å². The average Bonchev–Trinajstić information content (AvgIpc) is 2.92. The highest BCUT2D eigenvalue weighted by atomic mass is 32.2. The van der Waals surface area contributed by atoms with Gasteiger partial charge < -0.3 is 11.5 Å². The number of nitro benzene ring substituents is 1. The van der Waals surface area contributed by atoms with Crippen molar-refractivity contribution in [2.24, 2.45) is 21.7 Å². The van der Waals surface area contributed by atoms with Crippen molar-refractivity contribution in [3.63, 3.8) is 0 Å². The van der Waals surface area contributed by atoms with Crippen molar-refractivity contribution in [1.29, 1.82) is 0 Å². The lowest BCUT2D eigenvalue weighted by Crippen LogP contribution is -2.21. The van der Waals surface area contributed by atoms with Crippen molar-refractivity contribution in [3.05, 3.63) is 40.2 Å². The van der Waals surface area contributed by atoms with Gasteiger partial charge in [-0.2, -0.15) is 10.2 Å². The fourth-order valence-corrected chi connectivity index (χ4v) is 2.13. The molecule has 2 rings (SSSR count). The largest absolute Gasteiger partial charge is 0.369 e. The van der Waals surface area contributed by atoms with Gasteiger partial charge in [-0.1, -0.05) is 6.07 Å². The molecule has 0 bridgehead atoms. The zero-order chi connectivity index (χ0) is 15.2. The smallest absolute Gasteiger partial charge is 0.283 e. The van der Waals surface area contributed by atoms with Crippen LogP contribution >= 0.6 is 11.8 Å². The average molecular weight is 306 g/mol. The first-order valence-electron chi connectivity index (χ1n) is 5.50. The first kappa shape index (κ1) is 14.5. The summed E-state index contributed by atoms with van der Waals surface area (Å²) in [5.41, 5.74) is 10.7. The van der Waals surface area contributed by atoms with Crippen LogP contribution in [0.3, 0.4) is 0 Å². The third-order valence-corrected chi connectivity index (χ3v) is 3.11. The van der Waals surface area contributed by atoms with E-state index in [-0.39, 0.29) is 11.6 Å². The number of nitrogens with two attached hydrogens (primary N) is 2. The van der Waals surface area contributed by atoms with Crippen LogP contribution < -0.4 is 11.5 Å². The van der Waals surface area contributed by atoms with Crippen LogP contribution in [0, 0.1) is 10.1 Å². The molecule has 0 saturated heterocycles. The molecule has 0 atom stereocenters. The van der Waals surface area contributed by atoms with Gasteiger partial charge in [-0.05, 0) is 17.8 Å². The molecule has 5 N–H and O–H groups in total. The predicted molar refractivity (Wildman–Crippen MR) is 77.0 cm³/mol. The number of H-pyrrole nitrogens is 1. The van der Waals surface area contributed by atoms with Crippen LogP contribution in [-0.2, 0) is 0 Å². The quantitative estimate of drug-likeness (QED) is 0.313. The number of hydrogen-bond donors (Lipinski definition) is 3. The summed E-state index contributed by atoms with van der Waals surface area (Å²) in [6.07, 6.45) is 2.64. The van der Waals surface area contributed by atoms with E-state index in [0.29, 0.717) is 15.6 Å². The standard InChI is InChI=1S/C10H10N8O2S/c11-9(12)16-14-4-6-1-2-8(7(3-6)18(19)20)21-10-13-5-15-17-10/h1-5H,(H4,11,12,16)(H,13,15,17). The molecule has 1 aromatic carbocycles. The number of aromatic amines is 1. The SMILES string of the molecule is NC(N)=NN=Cc1ccc(Sc2ncn[nH]2)c([N+](=O)[O-])c1. The Hall–Kier alpha value is -2.95. The summed E-state index contributed by atoms with van der Waals surface area (Å²) in [5.74, 6) is -0.196. The molecular weight excluding hydrogens is 296 g/mol. The minimum absolute atomic E-state index is 0.0787. The molecule has 108 valence electrons. The molecule has 0 spiro atoms. The summed E-state index contributed by atoms with van der Waals surface area (Å²) in [5, 5.41) is 24.9. The zero-order valence-electron chi connectivity index (χ0n) is 10.5. The minimum Gasteiger partial charge on any atom is -0.369 e. The van der Waals surface area contributed by atoms with Crippen LogP contribution in [0.4, 0.5) is 5.69 Å². The van der Waals surface area contributed by atoms with Crippen molar-refractivity contribution >= 4 is 29.6 Å². The molecule has 0 unspecified atom stereocenters. The highest BCUT2D eigenvalue weighted by Gasteiger charge is 2.16. The van der Waals surface area contributed by atoms with Crippen molar-refractivity contribution in [1.82, 2.24) is 15.2 Å². The van der Waals surface area contributed by atoms with E-state index in [9.17, 15) is 10.1 Å². The van der Waals surface area contributed by atoms with E-state index in [4.69, 9.17) is 11.5 Å². The molecule has 0 aliphatic heterocycles. The molecule has 0 radical (unpaired) electrons. The minimum atomic E-state index is -0.489. The number of guanidine groups is 1. The van der Waals surface area contributed by atoms with Gasteiger partial charge in [-0.25, -0.2) is 4.98 Å². The lowest BCUT2D eigenvalue weighted by atomic mass is 10.2. The van der Waals surface area contributed by atoms with E-state index >= 15 is 0 Å². The van der Waals surface area contributed by atoms with Crippen LogP contribution in [0.1, 0.15) is 5.56 Å². The summed E-state index contributed by atoms with van der Waals surface area (Å²) in [4.78, 5) is 15.0. The Bertz CT molecular complexity index is 693. The Morgan fingerprint density at radius 1 is 1.48 bits per heavy atom. The Labute approximate surface area is 122 Å². The zero-order valence-corrected chi connectivity index (χ0v) is 11.3. The first-order chi connectivity index (χ1) is 10.1. The maximum atomic E-state index is 11.1. The molecule has 11 heteroatoms. The van der Waals surface area contributed by atoms with E-state index in [2.05, 4.69) is 25.4 Å². The molecule has 1 aromatic heterocycles. The van der Waals surface area contributed by atoms with Gasteiger partial charge in [0.15, 0.2) is 5.16 Å². The number of nitro groups is 1. The lowest BCUT2D eigenvalue weighted by molar-refractivity contribution is -0.387. The highest BCUT2D eigenvalue weighted by molar-refractivity contribution is 7.99. The summed E-state index contributed by atoms with van der Waals surface area (Å²) >= 11 is 1.10. The maximum Gasteiger partial charge on any atom is 0.283 e. The molecular formula is C10H10N8O2S. The third kappa shape index (κ3) is 4.01. The predicted octanol–water partition coefficient (Wildman–Crippen LogP) is 0.471. The number of nitrogens with one attached hydrogen (secondary N) is 1. The Morgan fingerprint density at radius 3 is 2.90 bits per heavy atom. The Kier molecular flexibility index (Phi) is 4.46. The van der Waals surface area contributed by atoms with Crippen molar-refractivity contribution < 1.29 is 4.92 Å². The second kappa shape index (κ2) is 6.47. The fraction of sp³-hybridized carbons (Fsp3) is 0. The van der Waals surface area contributed by atoms with Crippen molar-refractivity contribution in [3.8, 4) is 0 Å². The van der Waals surface area contributed by atoms with Gasteiger partial charge in [0.2, 0.25) is 5.96 Å². The number of benzene rings is 1. The van der Waals surface area contributed by atoms with Gasteiger partial charge in [0.05, 0.1) is 16.0 Å². The summed E-state index contributed by atoms with van der Waals surface area (Å²) < 4.78 is 0. The molecule has 1 heterocycles. The summed E-state index contributed by atoms with van der Waals surface area (Å²) in [6.45, 7) is 0. The first-order valence-corrected chi connectivity index (χ1v) is 6.31. The van der Waals surface area contributed by atoms with E-state index in [0.717, 1.165) is 11.8 Å². The van der Waals surface area contributed by atoms with Crippen LogP contribution in [0.15, 0.2) is 44.8 Å². The van der Waals surface area contributed by atoms with Gasteiger partial charge >= 0.3 is 0 Å². The monoisotopic (exact) mass is 306 g/mol. The van der Waals surface area contributed by atoms with Crippen LogP contribution in [0.5, 0.6) is 0 Å². The van der Waals surface area contributed by atoms with Gasteiger partial charge in [0.25, 0.3) is 5.69 Å². The molecule has 0 aliphatic rings. The van der Waals surface area contributed by atoms with E-state index in [1.165, 1.54) is 18.6 Å². The second-order valence-corrected chi connectivity index (χ2v) is 4.68. The van der Waals surface area contributed by atoms with Gasteiger partial charge in [0.1, 0.15) is 6.33 Å². The van der Waals surface area contributed by atoms with E-state index < -0.39 is 4.92 Å². The fourth-order valence-electron chi connectivity index (χ4n) is 1.35. The van der Waals surface area contributed by atoms with E-state index in [1.807, 2.05) is 0 Å². The summed E-state index contributed by atoms with van der Waals surface area (Å²) in [6, 6.07) is 4.60. The van der Waals surface area contributed by atoms with Crippen LogP contribution in [0.2, 0.25) is 0 Å². The number of rotatable bonds is 5. The highest BCUT2D eigenvalue weighted by Crippen LogP contribution is 2.33. The number of aromatic nitrogens is 3. The van der Waals surface area contributed by atoms with Crippen LogP contribution in [-0.4, -0.2) is 32.3 Å². The Morgan fingerprint density at radius 2 is 2.29 bits per heavy atom. The maximum absolute atomic E-state index is 11.1. The summed E-state index contributed by atoms with van der Waals surface area (Å²) in [7, 11) is 0. The Balaban J connectivity index is 2.29. The van der Waals surface area contributed by atoms with Crippen molar-refractivity contribution in [2.45, 2.75) is 10.1 Å². The molecule has 0 aliphatic carbocycles. The molecule has 21 heavy (non-hydrogen) atoms. The number of hydrogen-bond acceptors (Lipinski definition) is 7. The molecule has 0 saturated carbocycles. The normalized spacial score (nSPS) is 10.7.